The van der Waals surface area contributed by atoms with E-state index >= 15 is 0 Å². The number of carboxylic acid groups (broad SMARTS) is 1. The summed E-state index contributed by atoms with van der Waals surface area (Å²) in [6.07, 6.45) is 0. The summed E-state index contributed by atoms with van der Waals surface area (Å²) in [5, 5.41) is 11.6. The van der Waals surface area contributed by atoms with Crippen LogP contribution in [0.4, 0.5) is 24.5 Å². The molecule has 0 bridgehead atoms. The first-order valence-corrected chi connectivity index (χ1v) is 5.66. The molecule has 6 heteroatoms. The molecule has 2 aromatic carbocycles. The Balaban J connectivity index is 2.65. The molecule has 3 nitrogen and oxygen atoms in total. The van der Waals surface area contributed by atoms with Crippen LogP contribution < -0.4 is 5.32 Å². The third-order valence-electron chi connectivity index (χ3n) is 2.82. The predicted octanol–water partition coefficient (Wildman–Crippen LogP) is 3.85. The fourth-order valence-electron chi connectivity index (χ4n) is 1.80. The number of carboxylic acids is 1. The van der Waals surface area contributed by atoms with E-state index in [1.807, 2.05) is 0 Å². The maximum absolute atomic E-state index is 13.6. The van der Waals surface area contributed by atoms with Gasteiger partial charge in [0.15, 0.2) is 17.5 Å². The Morgan fingerprint density at radius 1 is 1.05 bits per heavy atom. The van der Waals surface area contributed by atoms with Gasteiger partial charge in [0.05, 0.1) is 5.69 Å². The van der Waals surface area contributed by atoms with Gasteiger partial charge in [-0.15, -0.1) is 0 Å². The second-order valence-corrected chi connectivity index (χ2v) is 4.11. The number of para-hydroxylation sites is 1. The average Bonchev–Trinajstić information content (AvgIpc) is 2.43. The van der Waals surface area contributed by atoms with Crippen LogP contribution in [0, 0.1) is 24.4 Å². The molecule has 0 aliphatic heterocycles. The number of hydrogen-bond donors (Lipinski definition) is 2. The van der Waals surface area contributed by atoms with Gasteiger partial charge in [-0.3, -0.25) is 0 Å². The summed E-state index contributed by atoms with van der Waals surface area (Å²) in [6.45, 7) is 1.18. The van der Waals surface area contributed by atoms with Crippen molar-refractivity contribution in [3.05, 3.63) is 58.9 Å². The van der Waals surface area contributed by atoms with Crippen LogP contribution in [0.15, 0.2) is 30.3 Å². The zero-order chi connectivity index (χ0) is 14.9. The molecule has 0 aliphatic rings. The molecule has 0 unspecified atom stereocenters. The predicted molar refractivity (Wildman–Crippen MR) is 67.7 cm³/mol. The van der Waals surface area contributed by atoms with Crippen molar-refractivity contribution in [1.29, 1.82) is 0 Å². The van der Waals surface area contributed by atoms with Crippen LogP contribution in [0.5, 0.6) is 0 Å². The van der Waals surface area contributed by atoms with E-state index in [1.165, 1.54) is 6.92 Å². The molecular weight excluding hydrogens is 271 g/mol. The normalized spacial score (nSPS) is 10.4. The molecule has 0 aromatic heterocycles. The van der Waals surface area contributed by atoms with Crippen molar-refractivity contribution >= 4 is 17.3 Å². The third-order valence-corrected chi connectivity index (χ3v) is 2.82. The molecule has 0 saturated heterocycles. The maximum Gasteiger partial charge on any atom is 0.340 e. The molecule has 20 heavy (non-hydrogen) atoms. The summed E-state index contributed by atoms with van der Waals surface area (Å²) in [7, 11) is 0. The number of anilines is 2. The highest BCUT2D eigenvalue weighted by atomic mass is 19.2. The molecule has 2 rings (SSSR count). The molecule has 0 radical (unpaired) electrons. The van der Waals surface area contributed by atoms with E-state index in [0.29, 0.717) is 5.69 Å². The maximum atomic E-state index is 13.6. The fourth-order valence-corrected chi connectivity index (χ4v) is 1.80. The summed E-state index contributed by atoms with van der Waals surface area (Å²) in [5.74, 6) is -6.61. The molecule has 104 valence electrons. The smallest absolute Gasteiger partial charge is 0.340 e. The Kier molecular flexibility index (Phi) is 3.65. The molecule has 0 heterocycles. The van der Waals surface area contributed by atoms with Gasteiger partial charge in [0.25, 0.3) is 0 Å². The van der Waals surface area contributed by atoms with Crippen molar-refractivity contribution in [2.75, 3.05) is 5.32 Å². The standard InChI is InChI=1S/C14H10F3NO2/c1-7-10(15)12(17)11(16)9(14(19)20)13(7)18-8-5-3-2-4-6-8/h2-6,18H,1H3,(H,19,20). The van der Waals surface area contributed by atoms with E-state index in [0.717, 1.165) is 0 Å². The number of halogens is 3. The van der Waals surface area contributed by atoms with Gasteiger partial charge in [-0.25, -0.2) is 18.0 Å². The SMILES string of the molecule is Cc1c(F)c(F)c(F)c(C(=O)O)c1Nc1ccccc1. The van der Waals surface area contributed by atoms with Crippen LogP contribution in [-0.2, 0) is 0 Å². The molecule has 0 saturated carbocycles. The van der Waals surface area contributed by atoms with Crippen LogP contribution in [-0.4, -0.2) is 11.1 Å². The number of rotatable bonds is 3. The summed E-state index contributed by atoms with van der Waals surface area (Å²) >= 11 is 0. The van der Waals surface area contributed by atoms with E-state index in [2.05, 4.69) is 5.32 Å². The average molecular weight is 281 g/mol. The van der Waals surface area contributed by atoms with Crippen molar-refractivity contribution in [2.45, 2.75) is 6.92 Å². The molecular formula is C14H10F3NO2. The minimum absolute atomic E-state index is 0.301. The molecule has 2 aromatic rings. The van der Waals surface area contributed by atoms with Crippen molar-refractivity contribution in [2.24, 2.45) is 0 Å². The quantitative estimate of drug-likeness (QED) is 0.840. The van der Waals surface area contributed by atoms with Crippen LogP contribution in [0.1, 0.15) is 15.9 Å². The first-order valence-electron chi connectivity index (χ1n) is 5.66. The zero-order valence-electron chi connectivity index (χ0n) is 10.4. The van der Waals surface area contributed by atoms with Gasteiger partial charge in [0.1, 0.15) is 5.56 Å². The summed E-state index contributed by atoms with van der Waals surface area (Å²) < 4.78 is 40.5. The largest absolute Gasteiger partial charge is 0.478 e. The zero-order valence-corrected chi connectivity index (χ0v) is 10.4. The van der Waals surface area contributed by atoms with Crippen molar-refractivity contribution in [1.82, 2.24) is 0 Å². The summed E-state index contributed by atoms with van der Waals surface area (Å²) in [6, 6.07) is 8.22. The molecule has 0 aliphatic carbocycles. The number of carbonyl (C=O) groups is 1. The van der Waals surface area contributed by atoms with Gasteiger partial charge in [-0.1, -0.05) is 18.2 Å². The number of benzene rings is 2. The third kappa shape index (κ3) is 2.32. The lowest BCUT2D eigenvalue weighted by Crippen LogP contribution is -2.12. The van der Waals surface area contributed by atoms with Crippen molar-refractivity contribution in [3.63, 3.8) is 0 Å². The van der Waals surface area contributed by atoms with E-state index in [4.69, 9.17) is 5.11 Å². The van der Waals surface area contributed by atoms with Gasteiger partial charge in [-0.05, 0) is 19.1 Å². The van der Waals surface area contributed by atoms with Crippen LogP contribution in [0.2, 0.25) is 0 Å². The Bertz CT molecular complexity index is 672. The Morgan fingerprint density at radius 2 is 1.65 bits per heavy atom. The fraction of sp³-hybridized carbons (Fsp3) is 0.0714. The van der Waals surface area contributed by atoms with E-state index in [-0.39, 0.29) is 11.3 Å². The van der Waals surface area contributed by atoms with Crippen LogP contribution in [0.3, 0.4) is 0 Å². The van der Waals surface area contributed by atoms with Gasteiger partial charge in [0, 0.05) is 11.3 Å². The molecule has 0 amide bonds. The number of hydrogen-bond acceptors (Lipinski definition) is 2. The van der Waals surface area contributed by atoms with Gasteiger partial charge < -0.3 is 10.4 Å². The minimum atomic E-state index is -1.79. The molecule has 0 spiro atoms. The first kappa shape index (κ1) is 13.9. The van der Waals surface area contributed by atoms with E-state index in [9.17, 15) is 18.0 Å². The van der Waals surface area contributed by atoms with Gasteiger partial charge in [0.2, 0.25) is 0 Å². The van der Waals surface area contributed by atoms with E-state index < -0.39 is 29.0 Å². The van der Waals surface area contributed by atoms with Crippen molar-refractivity contribution < 1.29 is 23.1 Å². The topological polar surface area (TPSA) is 49.3 Å². The molecule has 2 N–H and O–H groups in total. The minimum Gasteiger partial charge on any atom is -0.478 e. The van der Waals surface area contributed by atoms with Crippen molar-refractivity contribution in [3.8, 4) is 0 Å². The van der Waals surface area contributed by atoms with Gasteiger partial charge in [-0.2, -0.15) is 0 Å². The lowest BCUT2D eigenvalue weighted by molar-refractivity contribution is 0.0691. The van der Waals surface area contributed by atoms with E-state index in [1.54, 1.807) is 30.3 Å². The first-order chi connectivity index (χ1) is 9.43. The highest BCUT2D eigenvalue weighted by Crippen LogP contribution is 2.31. The second kappa shape index (κ2) is 5.24. The lowest BCUT2D eigenvalue weighted by atomic mass is 10.1. The monoisotopic (exact) mass is 281 g/mol. The summed E-state index contributed by atoms with van der Waals surface area (Å²) in [5.41, 5.74) is -1.10. The Hall–Kier alpha value is -2.50. The Morgan fingerprint density at radius 3 is 2.20 bits per heavy atom. The summed E-state index contributed by atoms with van der Waals surface area (Å²) in [4.78, 5) is 11.1. The molecule has 0 atom stereocenters. The highest BCUT2D eigenvalue weighted by molar-refractivity contribution is 5.96. The van der Waals surface area contributed by atoms with Crippen LogP contribution >= 0.6 is 0 Å². The van der Waals surface area contributed by atoms with Gasteiger partial charge >= 0.3 is 5.97 Å². The second-order valence-electron chi connectivity index (χ2n) is 4.11. The highest BCUT2D eigenvalue weighted by Gasteiger charge is 2.26. The van der Waals surface area contributed by atoms with Crippen LogP contribution in [0.25, 0.3) is 0 Å². The Labute approximate surface area is 112 Å². The number of aromatic carboxylic acids is 1. The number of nitrogens with one attached hydrogen (secondary N) is 1. The molecule has 0 fully saturated rings. The lowest BCUT2D eigenvalue weighted by Gasteiger charge is -2.15.